The van der Waals surface area contributed by atoms with Gasteiger partial charge in [0.1, 0.15) is 0 Å². The molecule has 0 atom stereocenters. The average Bonchev–Trinajstić information content (AvgIpc) is 2.43. The van der Waals surface area contributed by atoms with Crippen molar-refractivity contribution in [3.8, 4) is 11.8 Å². The molecule has 0 bridgehead atoms. The third-order valence-electron chi connectivity index (χ3n) is 3.10. The van der Waals surface area contributed by atoms with E-state index < -0.39 is 0 Å². The Bertz CT molecular complexity index is 439. The van der Waals surface area contributed by atoms with Gasteiger partial charge < -0.3 is 11.1 Å². The van der Waals surface area contributed by atoms with Crippen LogP contribution < -0.4 is 11.1 Å². The fourth-order valence-corrected chi connectivity index (χ4v) is 1.45. The van der Waals surface area contributed by atoms with Crippen molar-refractivity contribution in [3.05, 3.63) is 35.9 Å². The maximum absolute atomic E-state index is 11.6. The second-order valence-electron chi connectivity index (χ2n) is 4.37. The molecule has 0 spiro atoms. The molecule has 3 nitrogen and oxygen atoms in total. The van der Waals surface area contributed by atoms with Gasteiger partial charge in [-0.3, -0.25) is 4.79 Å². The number of carbonyl (C=O) groups is 1. The zero-order valence-corrected chi connectivity index (χ0v) is 11.0. The molecular formula is C15H20N2O. The quantitative estimate of drug-likeness (QED) is 0.792. The van der Waals surface area contributed by atoms with E-state index in [-0.39, 0.29) is 11.4 Å². The van der Waals surface area contributed by atoms with Crippen LogP contribution in [0.25, 0.3) is 0 Å². The highest BCUT2D eigenvalue weighted by Crippen LogP contribution is 2.08. The van der Waals surface area contributed by atoms with Crippen LogP contribution >= 0.6 is 0 Å². The Morgan fingerprint density at radius 1 is 1.28 bits per heavy atom. The molecule has 1 aromatic rings. The van der Waals surface area contributed by atoms with Crippen molar-refractivity contribution in [2.24, 2.45) is 5.73 Å². The Kier molecular flexibility index (Phi) is 5.41. The number of nitrogens with two attached hydrogens (primary N) is 1. The van der Waals surface area contributed by atoms with Crippen molar-refractivity contribution in [1.29, 1.82) is 0 Å². The van der Waals surface area contributed by atoms with Crippen molar-refractivity contribution in [1.82, 2.24) is 5.32 Å². The van der Waals surface area contributed by atoms with Gasteiger partial charge in [0.25, 0.3) is 5.91 Å². The van der Waals surface area contributed by atoms with Gasteiger partial charge in [-0.1, -0.05) is 38.0 Å². The van der Waals surface area contributed by atoms with Crippen molar-refractivity contribution >= 4 is 5.91 Å². The lowest BCUT2D eigenvalue weighted by molar-refractivity contribution is -0.115. The average molecular weight is 244 g/mol. The summed E-state index contributed by atoms with van der Waals surface area (Å²) in [5.74, 6) is 5.10. The molecule has 3 heteroatoms. The molecule has 0 heterocycles. The van der Waals surface area contributed by atoms with E-state index in [2.05, 4.69) is 17.2 Å². The number of nitrogens with one attached hydrogen (secondary N) is 1. The molecule has 0 aromatic heterocycles. The second kappa shape index (κ2) is 6.83. The molecule has 1 rings (SSSR count). The minimum absolute atomic E-state index is 0.282. The highest BCUT2D eigenvalue weighted by molar-refractivity contribution is 5.94. The molecule has 0 aliphatic rings. The Morgan fingerprint density at radius 2 is 1.89 bits per heavy atom. The first kappa shape index (κ1) is 14.3. The Balaban J connectivity index is 2.51. The lowest BCUT2D eigenvalue weighted by Crippen LogP contribution is -2.49. The highest BCUT2D eigenvalue weighted by Gasteiger charge is 2.20. The molecule has 0 fully saturated rings. The van der Waals surface area contributed by atoms with E-state index in [1.807, 2.05) is 44.2 Å². The predicted octanol–water partition coefficient (Wildman–Crippen LogP) is 1.67. The SMILES string of the molecule is CCC(N)(CC)CNC(=O)C#Cc1ccccc1. The van der Waals surface area contributed by atoms with E-state index in [0.717, 1.165) is 18.4 Å². The van der Waals surface area contributed by atoms with Crippen molar-refractivity contribution in [2.75, 3.05) is 6.54 Å². The molecule has 18 heavy (non-hydrogen) atoms. The molecule has 96 valence electrons. The minimum Gasteiger partial charge on any atom is -0.343 e. The fourth-order valence-electron chi connectivity index (χ4n) is 1.45. The molecule has 0 radical (unpaired) electrons. The zero-order valence-electron chi connectivity index (χ0n) is 11.0. The van der Waals surface area contributed by atoms with Crippen LogP contribution in [-0.4, -0.2) is 18.0 Å². The molecule has 0 saturated carbocycles. The van der Waals surface area contributed by atoms with Crippen LogP contribution in [0.3, 0.4) is 0 Å². The lowest BCUT2D eigenvalue weighted by atomic mass is 9.94. The monoisotopic (exact) mass is 244 g/mol. The standard InChI is InChI=1S/C15H20N2O/c1-3-15(16,4-2)12-17-14(18)11-10-13-8-6-5-7-9-13/h5-9H,3-4,12,16H2,1-2H3,(H,17,18). The van der Waals surface area contributed by atoms with Crippen LogP contribution in [0.2, 0.25) is 0 Å². The van der Waals surface area contributed by atoms with E-state index >= 15 is 0 Å². The van der Waals surface area contributed by atoms with Crippen molar-refractivity contribution in [2.45, 2.75) is 32.2 Å². The predicted molar refractivity (Wildman–Crippen MR) is 73.8 cm³/mol. The molecule has 0 unspecified atom stereocenters. The van der Waals surface area contributed by atoms with Gasteiger partial charge in [-0.2, -0.15) is 0 Å². The maximum atomic E-state index is 11.6. The van der Waals surface area contributed by atoms with Gasteiger partial charge in [0, 0.05) is 23.6 Å². The second-order valence-corrected chi connectivity index (χ2v) is 4.37. The van der Waals surface area contributed by atoms with Gasteiger partial charge in [-0.25, -0.2) is 0 Å². The van der Waals surface area contributed by atoms with Crippen LogP contribution in [0.5, 0.6) is 0 Å². The first-order valence-electron chi connectivity index (χ1n) is 6.23. The van der Waals surface area contributed by atoms with Crippen molar-refractivity contribution in [3.63, 3.8) is 0 Å². The summed E-state index contributed by atoms with van der Waals surface area (Å²) in [6.45, 7) is 4.50. The molecule has 1 amide bonds. The summed E-state index contributed by atoms with van der Waals surface area (Å²) < 4.78 is 0. The summed E-state index contributed by atoms with van der Waals surface area (Å²) >= 11 is 0. The van der Waals surface area contributed by atoms with Gasteiger partial charge in [0.05, 0.1) is 0 Å². The largest absolute Gasteiger partial charge is 0.343 e. The van der Waals surface area contributed by atoms with Gasteiger partial charge in [-0.05, 0) is 25.0 Å². The number of hydrogen-bond acceptors (Lipinski definition) is 2. The third-order valence-corrected chi connectivity index (χ3v) is 3.10. The van der Waals surface area contributed by atoms with Crippen LogP contribution in [0.1, 0.15) is 32.3 Å². The first-order chi connectivity index (χ1) is 8.59. The number of rotatable bonds is 4. The van der Waals surface area contributed by atoms with Crippen molar-refractivity contribution < 1.29 is 4.79 Å². The van der Waals surface area contributed by atoms with Crippen LogP contribution in [0.4, 0.5) is 0 Å². The summed E-state index contributed by atoms with van der Waals surface area (Å²) in [4.78, 5) is 11.6. The Morgan fingerprint density at radius 3 is 2.44 bits per heavy atom. The van der Waals surface area contributed by atoms with E-state index in [0.29, 0.717) is 6.54 Å². The molecule has 3 N–H and O–H groups in total. The Hall–Kier alpha value is -1.79. The molecule has 0 aliphatic heterocycles. The number of benzene rings is 1. The van der Waals surface area contributed by atoms with E-state index in [9.17, 15) is 4.79 Å². The van der Waals surface area contributed by atoms with Gasteiger partial charge >= 0.3 is 0 Å². The smallest absolute Gasteiger partial charge is 0.296 e. The molecule has 0 saturated heterocycles. The molecule has 0 aliphatic carbocycles. The van der Waals surface area contributed by atoms with Gasteiger partial charge in [-0.15, -0.1) is 0 Å². The van der Waals surface area contributed by atoms with E-state index in [1.54, 1.807) is 0 Å². The topological polar surface area (TPSA) is 55.1 Å². The maximum Gasteiger partial charge on any atom is 0.296 e. The summed E-state index contributed by atoms with van der Waals surface area (Å²) in [5, 5.41) is 2.76. The lowest BCUT2D eigenvalue weighted by Gasteiger charge is -2.26. The zero-order chi connectivity index (χ0) is 13.4. The van der Waals surface area contributed by atoms with Gasteiger partial charge in [0.2, 0.25) is 0 Å². The summed E-state index contributed by atoms with van der Waals surface area (Å²) in [6, 6.07) is 9.43. The summed E-state index contributed by atoms with van der Waals surface area (Å²) in [7, 11) is 0. The summed E-state index contributed by atoms with van der Waals surface area (Å²) in [5.41, 5.74) is 6.59. The van der Waals surface area contributed by atoms with Crippen LogP contribution in [0.15, 0.2) is 30.3 Å². The Labute approximate surface area is 109 Å². The number of carbonyl (C=O) groups excluding carboxylic acids is 1. The normalized spacial score (nSPS) is 10.4. The first-order valence-corrected chi connectivity index (χ1v) is 6.23. The van der Waals surface area contributed by atoms with Crippen LogP contribution in [-0.2, 0) is 4.79 Å². The van der Waals surface area contributed by atoms with E-state index in [4.69, 9.17) is 5.73 Å². The summed E-state index contributed by atoms with van der Waals surface area (Å²) in [6.07, 6.45) is 1.66. The fraction of sp³-hybridized carbons (Fsp3) is 0.400. The highest BCUT2D eigenvalue weighted by atomic mass is 16.1. The van der Waals surface area contributed by atoms with Crippen LogP contribution in [0, 0.1) is 11.8 Å². The molecular weight excluding hydrogens is 224 g/mol. The molecule has 1 aromatic carbocycles. The minimum atomic E-state index is -0.329. The number of amides is 1. The van der Waals surface area contributed by atoms with Gasteiger partial charge in [0.15, 0.2) is 0 Å². The third kappa shape index (κ3) is 4.60. The number of hydrogen-bond donors (Lipinski definition) is 2. The van der Waals surface area contributed by atoms with E-state index in [1.165, 1.54) is 0 Å².